The van der Waals surface area contributed by atoms with Crippen molar-refractivity contribution < 1.29 is 18.5 Å². The zero-order chi connectivity index (χ0) is 18.5. The molecule has 0 fully saturated rings. The number of nitrogens with zero attached hydrogens (tertiary/aromatic N) is 1. The maximum absolute atomic E-state index is 13.0. The monoisotopic (exact) mass is 353 g/mol. The average molecular weight is 353 g/mol. The van der Waals surface area contributed by atoms with Crippen molar-refractivity contribution in [2.75, 3.05) is 10.6 Å². The van der Waals surface area contributed by atoms with Gasteiger partial charge in [0.2, 0.25) is 11.8 Å². The standard InChI is InChI=1S/C19H16FN3O3/c1-12(24)21-15-6-8-16(9-7-15)22-19(25)11-17-10-18(26-23-17)13-2-4-14(20)5-3-13/h2-10H,11H2,1H3,(H,21,24)(H,22,25). The first kappa shape index (κ1) is 17.3. The van der Waals surface area contributed by atoms with Gasteiger partial charge in [0.05, 0.1) is 12.1 Å². The Morgan fingerprint density at radius 3 is 2.23 bits per heavy atom. The van der Waals surface area contributed by atoms with E-state index in [-0.39, 0.29) is 24.1 Å². The molecule has 1 aromatic heterocycles. The zero-order valence-corrected chi connectivity index (χ0v) is 14.0. The molecule has 0 aliphatic rings. The minimum absolute atomic E-state index is 0.0398. The van der Waals surface area contributed by atoms with Crippen LogP contribution in [0, 0.1) is 5.82 Å². The van der Waals surface area contributed by atoms with Crippen LogP contribution in [-0.4, -0.2) is 17.0 Å². The van der Waals surface area contributed by atoms with E-state index in [1.165, 1.54) is 19.1 Å². The van der Waals surface area contributed by atoms with Gasteiger partial charge in [0.15, 0.2) is 5.76 Å². The van der Waals surface area contributed by atoms with Crippen LogP contribution in [0.2, 0.25) is 0 Å². The molecular weight excluding hydrogens is 337 g/mol. The van der Waals surface area contributed by atoms with Gasteiger partial charge in [0.1, 0.15) is 5.82 Å². The van der Waals surface area contributed by atoms with Crippen molar-refractivity contribution in [1.82, 2.24) is 5.16 Å². The maximum atomic E-state index is 13.0. The highest BCUT2D eigenvalue weighted by molar-refractivity contribution is 5.93. The molecule has 3 aromatic rings. The Kier molecular flexibility index (Phi) is 5.07. The molecule has 0 saturated heterocycles. The number of nitrogens with one attached hydrogen (secondary N) is 2. The van der Waals surface area contributed by atoms with Gasteiger partial charge in [-0.2, -0.15) is 0 Å². The fraction of sp³-hybridized carbons (Fsp3) is 0.105. The largest absolute Gasteiger partial charge is 0.356 e. The molecule has 132 valence electrons. The molecule has 2 N–H and O–H groups in total. The van der Waals surface area contributed by atoms with Crippen molar-refractivity contribution in [3.63, 3.8) is 0 Å². The first-order valence-corrected chi connectivity index (χ1v) is 7.88. The molecule has 2 aromatic carbocycles. The Morgan fingerprint density at radius 2 is 1.62 bits per heavy atom. The summed E-state index contributed by atoms with van der Waals surface area (Å²) in [6.45, 7) is 1.42. The molecule has 0 atom stereocenters. The van der Waals surface area contributed by atoms with E-state index >= 15 is 0 Å². The van der Waals surface area contributed by atoms with Gasteiger partial charge in [-0.25, -0.2) is 4.39 Å². The van der Waals surface area contributed by atoms with E-state index in [4.69, 9.17) is 4.52 Å². The molecular formula is C19H16FN3O3. The summed E-state index contributed by atoms with van der Waals surface area (Å²) in [7, 11) is 0. The van der Waals surface area contributed by atoms with E-state index in [0.29, 0.717) is 28.4 Å². The number of carbonyl (C=O) groups is 2. The van der Waals surface area contributed by atoms with Gasteiger partial charge in [-0.1, -0.05) is 5.16 Å². The highest BCUT2D eigenvalue weighted by Gasteiger charge is 2.11. The predicted molar refractivity (Wildman–Crippen MR) is 95.0 cm³/mol. The second-order valence-electron chi connectivity index (χ2n) is 5.67. The summed E-state index contributed by atoms with van der Waals surface area (Å²) < 4.78 is 18.2. The molecule has 6 nitrogen and oxygen atoms in total. The quantitative estimate of drug-likeness (QED) is 0.734. The summed E-state index contributed by atoms with van der Waals surface area (Å²) in [6, 6.07) is 14.2. The lowest BCUT2D eigenvalue weighted by Gasteiger charge is -2.06. The molecule has 3 rings (SSSR count). The summed E-state index contributed by atoms with van der Waals surface area (Å²) in [4.78, 5) is 23.1. The first-order chi connectivity index (χ1) is 12.5. The molecule has 2 amide bonds. The summed E-state index contributed by atoms with van der Waals surface area (Å²) in [5.41, 5.74) is 2.40. The normalized spacial score (nSPS) is 10.4. The van der Waals surface area contributed by atoms with Crippen LogP contribution >= 0.6 is 0 Å². The lowest BCUT2D eigenvalue weighted by Crippen LogP contribution is -2.14. The lowest BCUT2D eigenvalue weighted by atomic mass is 10.1. The van der Waals surface area contributed by atoms with Crippen LogP contribution in [0.5, 0.6) is 0 Å². The Balaban J connectivity index is 1.60. The number of halogens is 1. The molecule has 1 heterocycles. The molecule has 0 spiro atoms. The van der Waals surface area contributed by atoms with Crippen molar-refractivity contribution >= 4 is 23.2 Å². The average Bonchev–Trinajstić information content (AvgIpc) is 3.05. The van der Waals surface area contributed by atoms with Crippen molar-refractivity contribution in [2.24, 2.45) is 0 Å². The summed E-state index contributed by atoms with van der Waals surface area (Å²) in [5, 5.41) is 9.26. The van der Waals surface area contributed by atoms with Crippen LogP contribution in [0.3, 0.4) is 0 Å². The number of hydrogen-bond donors (Lipinski definition) is 2. The van der Waals surface area contributed by atoms with Gasteiger partial charge in [-0.3, -0.25) is 9.59 Å². The van der Waals surface area contributed by atoms with E-state index < -0.39 is 0 Å². The highest BCUT2D eigenvalue weighted by atomic mass is 19.1. The van der Waals surface area contributed by atoms with Crippen LogP contribution in [0.25, 0.3) is 11.3 Å². The fourth-order valence-electron chi connectivity index (χ4n) is 2.36. The van der Waals surface area contributed by atoms with Crippen molar-refractivity contribution in [2.45, 2.75) is 13.3 Å². The van der Waals surface area contributed by atoms with Gasteiger partial charge >= 0.3 is 0 Å². The maximum Gasteiger partial charge on any atom is 0.230 e. The van der Waals surface area contributed by atoms with Crippen LogP contribution in [0.4, 0.5) is 15.8 Å². The third kappa shape index (κ3) is 4.54. The Morgan fingerprint density at radius 1 is 1.00 bits per heavy atom. The van der Waals surface area contributed by atoms with Gasteiger partial charge in [0.25, 0.3) is 0 Å². The third-order valence-corrected chi connectivity index (χ3v) is 3.52. The number of carbonyl (C=O) groups excluding carboxylic acids is 2. The number of benzene rings is 2. The second-order valence-corrected chi connectivity index (χ2v) is 5.67. The molecule has 0 unspecified atom stereocenters. The van der Waals surface area contributed by atoms with Crippen LogP contribution < -0.4 is 10.6 Å². The van der Waals surface area contributed by atoms with E-state index in [2.05, 4.69) is 15.8 Å². The van der Waals surface area contributed by atoms with E-state index in [0.717, 1.165) is 0 Å². The number of amides is 2. The fourth-order valence-corrected chi connectivity index (χ4v) is 2.36. The van der Waals surface area contributed by atoms with Crippen molar-refractivity contribution in [3.05, 3.63) is 66.1 Å². The molecule has 7 heteroatoms. The summed E-state index contributed by atoms with van der Waals surface area (Å²) in [6.07, 6.45) is 0.0398. The highest BCUT2D eigenvalue weighted by Crippen LogP contribution is 2.21. The van der Waals surface area contributed by atoms with E-state index in [1.807, 2.05) is 0 Å². The molecule has 0 bridgehead atoms. The predicted octanol–water partition coefficient (Wildman–Crippen LogP) is 3.62. The number of hydrogen-bond acceptors (Lipinski definition) is 4. The molecule has 0 radical (unpaired) electrons. The number of rotatable bonds is 5. The second kappa shape index (κ2) is 7.60. The van der Waals surface area contributed by atoms with E-state index in [1.54, 1.807) is 42.5 Å². The molecule has 0 saturated carbocycles. The Hall–Kier alpha value is -3.48. The van der Waals surface area contributed by atoms with Crippen molar-refractivity contribution in [3.8, 4) is 11.3 Å². The third-order valence-electron chi connectivity index (χ3n) is 3.52. The molecule has 0 aliphatic carbocycles. The molecule has 0 aliphatic heterocycles. The number of aromatic nitrogens is 1. The molecule has 26 heavy (non-hydrogen) atoms. The first-order valence-electron chi connectivity index (χ1n) is 7.88. The van der Waals surface area contributed by atoms with Gasteiger partial charge in [0, 0.05) is 29.9 Å². The van der Waals surface area contributed by atoms with Crippen LogP contribution in [0.15, 0.2) is 59.1 Å². The van der Waals surface area contributed by atoms with Gasteiger partial charge < -0.3 is 15.2 Å². The van der Waals surface area contributed by atoms with Gasteiger partial charge in [-0.15, -0.1) is 0 Å². The summed E-state index contributed by atoms with van der Waals surface area (Å²) in [5.74, 6) is -0.286. The zero-order valence-electron chi connectivity index (χ0n) is 14.0. The minimum atomic E-state index is -0.336. The van der Waals surface area contributed by atoms with Crippen LogP contribution in [0.1, 0.15) is 12.6 Å². The Labute approximate surface area is 149 Å². The van der Waals surface area contributed by atoms with Gasteiger partial charge in [-0.05, 0) is 48.5 Å². The van der Waals surface area contributed by atoms with Crippen LogP contribution in [-0.2, 0) is 16.0 Å². The summed E-state index contributed by atoms with van der Waals surface area (Å²) >= 11 is 0. The smallest absolute Gasteiger partial charge is 0.230 e. The van der Waals surface area contributed by atoms with Crippen molar-refractivity contribution in [1.29, 1.82) is 0 Å². The number of anilines is 2. The van der Waals surface area contributed by atoms with E-state index in [9.17, 15) is 14.0 Å². The SMILES string of the molecule is CC(=O)Nc1ccc(NC(=O)Cc2cc(-c3ccc(F)cc3)on2)cc1. The topological polar surface area (TPSA) is 84.2 Å². The minimum Gasteiger partial charge on any atom is -0.356 e. The Bertz CT molecular complexity index is 918. The lowest BCUT2D eigenvalue weighted by molar-refractivity contribution is -0.116.